The highest BCUT2D eigenvalue weighted by Crippen LogP contribution is 2.22. The molecular formula is C19H14ClN3O2S. The second-order valence-electron chi connectivity index (χ2n) is 5.41. The molecule has 130 valence electrons. The van der Waals surface area contributed by atoms with Gasteiger partial charge in [-0.25, -0.2) is 4.98 Å². The lowest BCUT2D eigenvalue weighted by Crippen LogP contribution is -2.19. The topological polar surface area (TPSA) is 75.0 Å². The zero-order valence-corrected chi connectivity index (χ0v) is 15.2. The summed E-state index contributed by atoms with van der Waals surface area (Å²) < 4.78 is 5.40. The number of hydrogen-bond acceptors (Lipinski definition) is 5. The highest BCUT2D eigenvalue weighted by Gasteiger charge is 2.08. The van der Waals surface area contributed by atoms with Crippen LogP contribution in [-0.4, -0.2) is 17.5 Å². The van der Waals surface area contributed by atoms with Crippen LogP contribution in [0.15, 0.2) is 54.7 Å². The van der Waals surface area contributed by atoms with E-state index in [2.05, 4.69) is 10.3 Å². The largest absolute Gasteiger partial charge is 0.484 e. The Hall–Kier alpha value is -2.88. The molecule has 0 bridgehead atoms. The first kappa shape index (κ1) is 17.9. The number of nitriles is 1. The normalized spacial score (nSPS) is 10.2. The van der Waals surface area contributed by atoms with Crippen molar-refractivity contribution in [3.05, 3.63) is 75.8 Å². The minimum absolute atomic E-state index is 0.127. The molecule has 0 spiro atoms. The zero-order valence-electron chi connectivity index (χ0n) is 13.6. The van der Waals surface area contributed by atoms with E-state index in [1.807, 2.05) is 30.3 Å². The lowest BCUT2D eigenvalue weighted by molar-refractivity contribution is -0.118. The van der Waals surface area contributed by atoms with Crippen LogP contribution < -0.4 is 10.1 Å². The standard InChI is InChI=1S/C19H14ClN3O2S/c20-15-5-1-13(2-6-15)9-17-11-22-19(26-17)23-18(24)12-25-16-7-3-14(10-21)4-8-16/h1-8,11H,9,12H2,(H,22,23,24). The van der Waals surface area contributed by atoms with Crippen molar-refractivity contribution in [2.45, 2.75) is 6.42 Å². The summed E-state index contributed by atoms with van der Waals surface area (Å²) >= 11 is 7.30. The summed E-state index contributed by atoms with van der Waals surface area (Å²) in [4.78, 5) is 17.2. The fraction of sp³-hybridized carbons (Fsp3) is 0.105. The SMILES string of the molecule is N#Cc1ccc(OCC(=O)Nc2ncc(Cc3ccc(Cl)cc3)s2)cc1. The molecule has 0 radical (unpaired) electrons. The molecule has 0 aliphatic heterocycles. The van der Waals surface area contributed by atoms with Gasteiger partial charge in [-0.05, 0) is 42.0 Å². The van der Waals surface area contributed by atoms with E-state index >= 15 is 0 Å². The number of thiazole rings is 1. The number of amides is 1. The fourth-order valence-electron chi connectivity index (χ4n) is 2.18. The molecule has 0 aliphatic rings. The molecule has 0 unspecified atom stereocenters. The van der Waals surface area contributed by atoms with Crippen LogP contribution in [0.1, 0.15) is 16.0 Å². The fourth-order valence-corrected chi connectivity index (χ4v) is 3.17. The van der Waals surface area contributed by atoms with Crippen LogP contribution in [0.25, 0.3) is 0 Å². The molecule has 7 heteroatoms. The zero-order chi connectivity index (χ0) is 18.4. The number of carbonyl (C=O) groups excluding carboxylic acids is 1. The molecule has 0 atom stereocenters. The minimum Gasteiger partial charge on any atom is -0.484 e. The van der Waals surface area contributed by atoms with Crippen LogP contribution in [0.2, 0.25) is 5.02 Å². The third-order valence-corrected chi connectivity index (χ3v) is 4.61. The number of rotatable bonds is 6. The number of nitrogens with one attached hydrogen (secondary N) is 1. The summed E-state index contributed by atoms with van der Waals surface area (Å²) in [7, 11) is 0. The molecule has 1 N–H and O–H groups in total. The van der Waals surface area contributed by atoms with Crippen LogP contribution in [-0.2, 0) is 11.2 Å². The van der Waals surface area contributed by atoms with E-state index in [4.69, 9.17) is 21.6 Å². The average Bonchev–Trinajstić information content (AvgIpc) is 3.09. The van der Waals surface area contributed by atoms with Crippen LogP contribution in [0.4, 0.5) is 5.13 Å². The molecule has 1 aromatic heterocycles. The molecule has 1 heterocycles. The number of anilines is 1. The van der Waals surface area contributed by atoms with Gasteiger partial charge in [-0.2, -0.15) is 5.26 Å². The van der Waals surface area contributed by atoms with Gasteiger partial charge in [0.05, 0.1) is 11.6 Å². The van der Waals surface area contributed by atoms with Crippen LogP contribution in [0.5, 0.6) is 5.75 Å². The summed E-state index contributed by atoms with van der Waals surface area (Å²) in [6.45, 7) is -0.127. The predicted octanol–water partition coefficient (Wildman–Crippen LogP) is 4.28. The van der Waals surface area contributed by atoms with Gasteiger partial charge in [0.25, 0.3) is 5.91 Å². The van der Waals surface area contributed by atoms with E-state index < -0.39 is 0 Å². The number of hydrogen-bond donors (Lipinski definition) is 1. The van der Waals surface area contributed by atoms with Crippen molar-refractivity contribution in [2.24, 2.45) is 0 Å². The van der Waals surface area contributed by atoms with Gasteiger partial charge in [-0.15, -0.1) is 11.3 Å². The molecule has 0 fully saturated rings. The summed E-state index contributed by atoms with van der Waals surface area (Å²) in [6.07, 6.45) is 2.48. The third kappa shape index (κ3) is 5.06. The van der Waals surface area contributed by atoms with Crippen molar-refractivity contribution in [2.75, 3.05) is 11.9 Å². The maximum absolute atomic E-state index is 12.0. The molecule has 3 aromatic rings. The predicted molar refractivity (Wildman–Crippen MR) is 102 cm³/mol. The average molecular weight is 384 g/mol. The monoisotopic (exact) mass is 383 g/mol. The Balaban J connectivity index is 1.50. The molecule has 5 nitrogen and oxygen atoms in total. The van der Waals surface area contributed by atoms with Gasteiger partial charge in [0.1, 0.15) is 5.75 Å². The van der Waals surface area contributed by atoms with Gasteiger partial charge >= 0.3 is 0 Å². The van der Waals surface area contributed by atoms with Gasteiger partial charge < -0.3 is 4.74 Å². The van der Waals surface area contributed by atoms with Gasteiger partial charge in [0, 0.05) is 22.5 Å². The summed E-state index contributed by atoms with van der Waals surface area (Å²) in [5.41, 5.74) is 1.66. The smallest absolute Gasteiger partial charge is 0.264 e. The molecular weight excluding hydrogens is 370 g/mol. The highest BCUT2D eigenvalue weighted by molar-refractivity contribution is 7.15. The number of carbonyl (C=O) groups is 1. The number of benzene rings is 2. The molecule has 0 saturated carbocycles. The van der Waals surface area contributed by atoms with Crippen molar-refractivity contribution < 1.29 is 9.53 Å². The van der Waals surface area contributed by atoms with E-state index in [9.17, 15) is 4.79 Å². The molecule has 0 saturated heterocycles. The first-order valence-electron chi connectivity index (χ1n) is 7.74. The number of nitrogens with zero attached hydrogens (tertiary/aromatic N) is 2. The Bertz CT molecular complexity index is 931. The van der Waals surface area contributed by atoms with E-state index in [0.717, 1.165) is 16.9 Å². The van der Waals surface area contributed by atoms with Crippen LogP contribution >= 0.6 is 22.9 Å². The molecule has 1 amide bonds. The maximum Gasteiger partial charge on any atom is 0.264 e. The molecule has 3 rings (SSSR count). The van der Waals surface area contributed by atoms with Crippen molar-refractivity contribution in [1.82, 2.24) is 4.98 Å². The Morgan fingerprint density at radius 3 is 2.62 bits per heavy atom. The third-order valence-electron chi connectivity index (χ3n) is 3.44. The lowest BCUT2D eigenvalue weighted by atomic mass is 10.1. The van der Waals surface area contributed by atoms with Crippen molar-refractivity contribution in [1.29, 1.82) is 5.26 Å². The Morgan fingerprint density at radius 2 is 1.92 bits per heavy atom. The second kappa shape index (κ2) is 8.48. The first-order valence-corrected chi connectivity index (χ1v) is 8.94. The van der Waals surface area contributed by atoms with Crippen molar-refractivity contribution in [3.63, 3.8) is 0 Å². The first-order chi connectivity index (χ1) is 12.6. The Labute approximate surface area is 159 Å². The lowest BCUT2D eigenvalue weighted by Gasteiger charge is -2.05. The maximum atomic E-state index is 12.0. The molecule has 0 aliphatic carbocycles. The van der Waals surface area contributed by atoms with Gasteiger partial charge in [0.2, 0.25) is 0 Å². The molecule has 2 aromatic carbocycles. The van der Waals surface area contributed by atoms with Crippen LogP contribution in [0, 0.1) is 11.3 Å². The van der Waals surface area contributed by atoms with E-state index in [1.54, 1.807) is 30.5 Å². The Kier molecular flexibility index (Phi) is 5.84. The molecule has 26 heavy (non-hydrogen) atoms. The van der Waals surface area contributed by atoms with Crippen molar-refractivity contribution in [3.8, 4) is 11.8 Å². The van der Waals surface area contributed by atoms with E-state index in [0.29, 0.717) is 21.5 Å². The van der Waals surface area contributed by atoms with E-state index in [-0.39, 0.29) is 12.5 Å². The van der Waals surface area contributed by atoms with E-state index in [1.165, 1.54) is 11.3 Å². The van der Waals surface area contributed by atoms with Crippen LogP contribution in [0.3, 0.4) is 0 Å². The summed E-state index contributed by atoms with van der Waals surface area (Å²) in [5.74, 6) is 0.239. The highest BCUT2D eigenvalue weighted by atomic mass is 35.5. The van der Waals surface area contributed by atoms with Gasteiger partial charge in [0.15, 0.2) is 11.7 Å². The quantitative estimate of drug-likeness (QED) is 0.689. The number of ether oxygens (including phenoxy) is 1. The Morgan fingerprint density at radius 1 is 1.19 bits per heavy atom. The number of aromatic nitrogens is 1. The van der Waals surface area contributed by atoms with Gasteiger partial charge in [-0.1, -0.05) is 23.7 Å². The second-order valence-corrected chi connectivity index (χ2v) is 6.96. The summed E-state index contributed by atoms with van der Waals surface area (Å²) in [6, 6.07) is 16.2. The summed E-state index contributed by atoms with van der Waals surface area (Å²) in [5, 5.41) is 12.7. The van der Waals surface area contributed by atoms with Gasteiger partial charge in [-0.3, -0.25) is 10.1 Å². The minimum atomic E-state index is -0.290. The van der Waals surface area contributed by atoms with Crippen molar-refractivity contribution >= 4 is 34.0 Å². The number of halogens is 1.